The maximum Gasteiger partial charge on any atom is 0.496 e. The van der Waals surface area contributed by atoms with Crippen LogP contribution in [-0.2, 0) is 15.7 Å². The molecule has 0 radical (unpaired) electrons. The standard InChI is InChI=1S/C15H21BN2O2/c1-11-9-12(7-6-8-17)13(10-18-11)16-19-14(2,3)15(4,5)20-16/h9-10H,6-7H2,1-5H3. The molecular formula is C15H21BN2O2. The van der Waals surface area contributed by atoms with Crippen LogP contribution in [0.1, 0.15) is 45.4 Å². The van der Waals surface area contributed by atoms with Gasteiger partial charge in [0.25, 0.3) is 0 Å². The predicted molar refractivity (Wildman–Crippen MR) is 78.6 cm³/mol. The third-order valence-electron chi connectivity index (χ3n) is 4.17. The van der Waals surface area contributed by atoms with Crippen LogP contribution in [0.2, 0.25) is 0 Å². The molecule has 0 amide bonds. The van der Waals surface area contributed by atoms with Gasteiger partial charge in [0.2, 0.25) is 0 Å². The molecule has 1 aromatic rings. The van der Waals surface area contributed by atoms with Crippen molar-refractivity contribution in [3.05, 3.63) is 23.5 Å². The Kier molecular flexibility index (Phi) is 3.90. The van der Waals surface area contributed by atoms with Crippen molar-refractivity contribution in [2.24, 2.45) is 0 Å². The molecule has 0 spiro atoms. The lowest BCUT2D eigenvalue weighted by Gasteiger charge is -2.32. The van der Waals surface area contributed by atoms with Crippen LogP contribution in [0.5, 0.6) is 0 Å². The summed E-state index contributed by atoms with van der Waals surface area (Å²) in [6, 6.07) is 4.20. The van der Waals surface area contributed by atoms with E-state index >= 15 is 0 Å². The highest BCUT2D eigenvalue weighted by atomic mass is 16.7. The number of hydrogen-bond acceptors (Lipinski definition) is 4. The zero-order valence-corrected chi connectivity index (χ0v) is 12.9. The zero-order valence-electron chi connectivity index (χ0n) is 12.9. The fourth-order valence-corrected chi connectivity index (χ4v) is 2.22. The molecular weight excluding hydrogens is 251 g/mol. The van der Waals surface area contributed by atoms with E-state index in [1.165, 1.54) is 0 Å². The van der Waals surface area contributed by atoms with Crippen LogP contribution in [0.25, 0.3) is 0 Å². The summed E-state index contributed by atoms with van der Waals surface area (Å²) in [5, 5.41) is 8.79. The second kappa shape index (κ2) is 5.19. The van der Waals surface area contributed by atoms with Crippen LogP contribution in [0, 0.1) is 18.3 Å². The quantitative estimate of drug-likeness (QED) is 0.791. The van der Waals surface area contributed by atoms with Gasteiger partial charge in [0, 0.05) is 23.8 Å². The fourth-order valence-electron chi connectivity index (χ4n) is 2.22. The van der Waals surface area contributed by atoms with Crippen LogP contribution >= 0.6 is 0 Å². The van der Waals surface area contributed by atoms with E-state index in [0.717, 1.165) is 16.7 Å². The maximum absolute atomic E-state index is 8.79. The summed E-state index contributed by atoms with van der Waals surface area (Å²) in [5.41, 5.74) is 2.23. The van der Waals surface area contributed by atoms with Crippen molar-refractivity contribution < 1.29 is 9.31 Å². The second-order valence-electron chi connectivity index (χ2n) is 6.27. The first kappa shape index (κ1) is 15.0. The molecule has 1 aromatic heterocycles. The molecule has 1 aliphatic rings. The first-order valence-corrected chi connectivity index (χ1v) is 6.95. The van der Waals surface area contributed by atoms with E-state index in [0.29, 0.717) is 12.8 Å². The van der Waals surface area contributed by atoms with Gasteiger partial charge < -0.3 is 9.31 Å². The Morgan fingerprint density at radius 1 is 1.25 bits per heavy atom. The Labute approximate surface area is 121 Å². The van der Waals surface area contributed by atoms with Crippen LogP contribution < -0.4 is 5.46 Å². The fraction of sp³-hybridized carbons (Fsp3) is 0.600. The Morgan fingerprint density at radius 2 is 1.85 bits per heavy atom. The molecule has 1 aliphatic heterocycles. The van der Waals surface area contributed by atoms with Crippen molar-refractivity contribution in [1.82, 2.24) is 4.98 Å². The summed E-state index contributed by atoms with van der Waals surface area (Å²) in [7, 11) is -0.415. The molecule has 2 rings (SSSR count). The molecule has 0 N–H and O–H groups in total. The molecule has 1 saturated heterocycles. The smallest absolute Gasteiger partial charge is 0.399 e. The van der Waals surface area contributed by atoms with E-state index < -0.39 is 7.12 Å². The van der Waals surface area contributed by atoms with E-state index in [1.807, 2.05) is 46.9 Å². The Balaban J connectivity index is 2.32. The second-order valence-corrected chi connectivity index (χ2v) is 6.27. The van der Waals surface area contributed by atoms with Crippen molar-refractivity contribution in [2.45, 2.75) is 58.7 Å². The molecule has 5 heteroatoms. The van der Waals surface area contributed by atoms with Gasteiger partial charge in [-0.3, -0.25) is 4.98 Å². The van der Waals surface area contributed by atoms with Crippen LogP contribution in [0.3, 0.4) is 0 Å². The molecule has 0 atom stereocenters. The summed E-state index contributed by atoms with van der Waals surface area (Å²) in [6.07, 6.45) is 2.99. The van der Waals surface area contributed by atoms with Gasteiger partial charge in [-0.2, -0.15) is 5.26 Å². The normalized spacial score (nSPS) is 19.9. The van der Waals surface area contributed by atoms with E-state index in [1.54, 1.807) is 0 Å². The lowest BCUT2D eigenvalue weighted by Crippen LogP contribution is -2.41. The van der Waals surface area contributed by atoms with E-state index in [4.69, 9.17) is 14.6 Å². The lowest BCUT2D eigenvalue weighted by molar-refractivity contribution is 0.00578. The van der Waals surface area contributed by atoms with Crippen molar-refractivity contribution in [2.75, 3.05) is 0 Å². The highest BCUT2D eigenvalue weighted by Gasteiger charge is 2.52. The Bertz CT molecular complexity index is 533. The van der Waals surface area contributed by atoms with E-state index in [9.17, 15) is 0 Å². The minimum absolute atomic E-state index is 0.366. The van der Waals surface area contributed by atoms with Crippen molar-refractivity contribution in [3.63, 3.8) is 0 Å². The monoisotopic (exact) mass is 272 g/mol. The van der Waals surface area contributed by atoms with Crippen LogP contribution in [0.15, 0.2) is 12.3 Å². The first-order chi connectivity index (χ1) is 9.27. The average molecular weight is 272 g/mol. The Morgan fingerprint density at radius 3 is 2.40 bits per heavy atom. The molecule has 0 unspecified atom stereocenters. The largest absolute Gasteiger partial charge is 0.496 e. The number of nitrogens with zero attached hydrogens (tertiary/aromatic N) is 2. The zero-order chi connectivity index (χ0) is 15.0. The molecule has 20 heavy (non-hydrogen) atoms. The van der Waals surface area contributed by atoms with Gasteiger partial charge in [0.1, 0.15) is 0 Å². The van der Waals surface area contributed by atoms with Gasteiger partial charge in [0.05, 0.1) is 17.3 Å². The lowest BCUT2D eigenvalue weighted by atomic mass is 9.76. The minimum Gasteiger partial charge on any atom is -0.399 e. The molecule has 0 bridgehead atoms. The predicted octanol–water partition coefficient (Wildman–Crippen LogP) is 2.15. The molecule has 4 nitrogen and oxygen atoms in total. The summed E-state index contributed by atoms with van der Waals surface area (Å²) < 4.78 is 12.1. The van der Waals surface area contributed by atoms with E-state index in [2.05, 4.69) is 11.1 Å². The molecule has 1 fully saturated rings. The number of hydrogen-bond donors (Lipinski definition) is 0. The number of rotatable bonds is 3. The van der Waals surface area contributed by atoms with Crippen LogP contribution in [-0.4, -0.2) is 23.3 Å². The summed E-state index contributed by atoms with van der Waals surface area (Å²) in [5.74, 6) is 0. The summed E-state index contributed by atoms with van der Waals surface area (Å²) in [6.45, 7) is 10.1. The number of aryl methyl sites for hydroxylation is 2. The van der Waals surface area contributed by atoms with Gasteiger partial charge in [-0.1, -0.05) is 0 Å². The molecule has 0 saturated carbocycles. The van der Waals surface area contributed by atoms with Crippen molar-refractivity contribution >= 4 is 12.6 Å². The first-order valence-electron chi connectivity index (χ1n) is 6.95. The van der Waals surface area contributed by atoms with Gasteiger partial charge in [-0.25, -0.2) is 0 Å². The van der Waals surface area contributed by atoms with E-state index in [-0.39, 0.29) is 11.2 Å². The Hall–Kier alpha value is -1.38. The average Bonchev–Trinajstić information content (AvgIpc) is 2.55. The molecule has 106 valence electrons. The summed E-state index contributed by atoms with van der Waals surface area (Å²) >= 11 is 0. The van der Waals surface area contributed by atoms with Gasteiger partial charge in [-0.05, 0) is 52.7 Å². The highest BCUT2D eigenvalue weighted by Crippen LogP contribution is 2.36. The molecule has 0 aromatic carbocycles. The van der Waals surface area contributed by atoms with Gasteiger partial charge in [-0.15, -0.1) is 0 Å². The van der Waals surface area contributed by atoms with Crippen LogP contribution in [0.4, 0.5) is 0 Å². The van der Waals surface area contributed by atoms with Crippen molar-refractivity contribution in [3.8, 4) is 6.07 Å². The van der Waals surface area contributed by atoms with Gasteiger partial charge in [0.15, 0.2) is 0 Å². The molecule has 0 aliphatic carbocycles. The number of nitriles is 1. The maximum atomic E-state index is 8.79. The number of pyridine rings is 1. The topological polar surface area (TPSA) is 55.1 Å². The minimum atomic E-state index is -0.415. The molecule has 2 heterocycles. The number of aromatic nitrogens is 1. The van der Waals surface area contributed by atoms with Gasteiger partial charge >= 0.3 is 7.12 Å². The highest BCUT2D eigenvalue weighted by molar-refractivity contribution is 6.62. The third kappa shape index (κ3) is 2.72. The SMILES string of the molecule is Cc1cc(CCC#N)c(B2OC(C)(C)C(C)(C)O2)cn1. The van der Waals surface area contributed by atoms with Crippen molar-refractivity contribution in [1.29, 1.82) is 5.26 Å². The third-order valence-corrected chi connectivity index (χ3v) is 4.17. The summed E-state index contributed by atoms with van der Waals surface area (Å²) in [4.78, 5) is 4.35.